The number of amides is 1. The molecule has 0 atom stereocenters. The zero-order chi connectivity index (χ0) is 9.42. The molecular weight excluding hydrogens is 277 g/mol. The van der Waals surface area contributed by atoms with E-state index in [1.54, 1.807) is 0 Å². The average Bonchev–Trinajstić information content (AvgIpc) is 2.09. The topological polar surface area (TPSA) is 29.1 Å². The Labute approximate surface area is 90.9 Å². The quantitative estimate of drug-likeness (QED) is 0.725. The highest BCUT2D eigenvalue weighted by atomic mass is 127. The lowest BCUT2D eigenvalue weighted by Gasteiger charge is -2.17. The summed E-state index contributed by atoms with van der Waals surface area (Å²) >= 11 is 2.26. The summed E-state index contributed by atoms with van der Waals surface area (Å²) in [4.78, 5) is 11.4. The van der Waals surface area contributed by atoms with Gasteiger partial charge in [-0.05, 0) is 53.1 Å². The number of hydrogen-bond donors (Lipinski definition) is 1. The van der Waals surface area contributed by atoms with Crippen LogP contribution in [0, 0.1) is 10.5 Å². The van der Waals surface area contributed by atoms with Gasteiger partial charge >= 0.3 is 0 Å². The maximum Gasteiger partial charge on any atom is 0.251 e. The number of fused-ring (bicyclic) bond motifs is 1. The van der Waals surface area contributed by atoms with Crippen molar-refractivity contribution in [2.75, 3.05) is 6.54 Å². The van der Waals surface area contributed by atoms with Gasteiger partial charge in [0.05, 0.1) is 0 Å². The van der Waals surface area contributed by atoms with Crippen molar-refractivity contribution in [3.05, 3.63) is 32.4 Å². The summed E-state index contributed by atoms with van der Waals surface area (Å²) in [5, 5.41) is 2.84. The fraction of sp³-hybridized carbons (Fsp3) is 0.300. The van der Waals surface area contributed by atoms with Gasteiger partial charge in [0.25, 0.3) is 5.91 Å². The Morgan fingerprint density at radius 1 is 1.46 bits per heavy atom. The minimum absolute atomic E-state index is 0.0687. The highest BCUT2D eigenvalue weighted by Crippen LogP contribution is 2.20. The lowest BCUT2D eigenvalue weighted by Crippen LogP contribution is -2.31. The normalized spacial score (nSPS) is 15.1. The van der Waals surface area contributed by atoms with Crippen LogP contribution in [0.1, 0.15) is 21.5 Å². The van der Waals surface area contributed by atoms with Crippen molar-refractivity contribution >= 4 is 28.5 Å². The minimum atomic E-state index is 0.0687. The predicted molar refractivity (Wildman–Crippen MR) is 59.9 cm³/mol. The smallest absolute Gasteiger partial charge is 0.251 e. The average molecular weight is 287 g/mol. The van der Waals surface area contributed by atoms with Crippen LogP contribution in [-0.2, 0) is 6.42 Å². The molecule has 0 saturated carbocycles. The number of aryl methyl sites for hydroxylation is 1. The monoisotopic (exact) mass is 287 g/mol. The van der Waals surface area contributed by atoms with Crippen molar-refractivity contribution in [3.8, 4) is 0 Å². The number of carbonyl (C=O) groups is 1. The molecule has 3 heteroatoms. The van der Waals surface area contributed by atoms with Gasteiger partial charge < -0.3 is 5.32 Å². The maximum atomic E-state index is 11.4. The van der Waals surface area contributed by atoms with Crippen LogP contribution < -0.4 is 5.32 Å². The molecule has 1 N–H and O–H groups in total. The van der Waals surface area contributed by atoms with Crippen LogP contribution in [0.15, 0.2) is 12.1 Å². The first-order valence-corrected chi connectivity index (χ1v) is 5.33. The van der Waals surface area contributed by atoms with E-state index < -0.39 is 0 Å². The summed E-state index contributed by atoms with van der Waals surface area (Å²) in [6, 6.07) is 4.09. The molecule has 0 bridgehead atoms. The summed E-state index contributed by atoms with van der Waals surface area (Å²) in [5.74, 6) is 0.0687. The fourth-order valence-corrected chi connectivity index (χ4v) is 2.03. The van der Waals surface area contributed by atoms with Crippen LogP contribution in [0.25, 0.3) is 0 Å². The zero-order valence-corrected chi connectivity index (χ0v) is 9.51. The SMILES string of the molecule is Cc1cc2c(cc1I)C(=O)NCC2. The molecule has 0 saturated heterocycles. The van der Waals surface area contributed by atoms with Gasteiger partial charge in [-0.25, -0.2) is 0 Å². The Hall–Kier alpha value is -0.580. The molecule has 0 aromatic heterocycles. The van der Waals surface area contributed by atoms with Crippen molar-refractivity contribution in [3.63, 3.8) is 0 Å². The van der Waals surface area contributed by atoms with Crippen molar-refractivity contribution < 1.29 is 4.79 Å². The van der Waals surface area contributed by atoms with Crippen LogP contribution in [0.2, 0.25) is 0 Å². The molecule has 0 fully saturated rings. The standard InChI is InChI=1S/C10H10INO/c1-6-4-7-2-3-12-10(13)8(7)5-9(6)11/h4-5H,2-3H2,1H3,(H,12,13). The number of hydrogen-bond acceptors (Lipinski definition) is 1. The van der Waals surface area contributed by atoms with Crippen molar-refractivity contribution in [2.45, 2.75) is 13.3 Å². The third-order valence-corrected chi connectivity index (χ3v) is 3.47. The van der Waals surface area contributed by atoms with Gasteiger partial charge in [-0.3, -0.25) is 4.79 Å². The lowest BCUT2D eigenvalue weighted by atomic mass is 9.98. The van der Waals surface area contributed by atoms with Gasteiger partial charge in [-0.2, -0.15) is 0 Å². The van der Waals surface area contributed by atoms with E-state index in [1.165, 1.54) is 11.1 Å². The van der Waals surface area contributed by atoms with E-state index >= 15 is 0 Å². The first-order valence-electron chi connectivity index (χ1n) is 4.25. The minimum Gasteiger partial charge on any atom is -0.352 e. The van der Waals surface area contributed by atoms with Crippen molar-refractivity contribution in [2.24, 2.45) is 0 Å². The largest absolute Gasteiger partial charge is 0.352 e. The molecule has 1 aromatic carbocycles. The molecule has 68 valence electrons. The summed E-state index contributed by atoms with van der Waals surface area (Å²) < 4.78 is 1.16. The highest BCUT2D eigenvalue weighted by Gasteiger charge is 2.17. The third kappa shape index (κ3) is 1.57. The number of benzene rings is 1. The van der Waals surface area contributed by atoms with Crippen LogP contribution in [-0.4, -0.2) is 12.5 Å². The Morgan fingerprint density at radius 3 is 3.00 bits per heavy atom. The Kier molecular flexibility index (Phi) is 2.27. The van der Waals surface area contributed by atoms with E-state index in [-0.39, 0.29) is 5.91 Å². The molecule has 1 aromatic rings. The van der Waals surface area contributed by atoms with Gasteiger partial charge in [0.15, 0.2) is 0 Å². The summed E-state index contributed by atoms with van der Waals surface area (Å²) in [5.41, 5.74) is 3.29. The molecular formula is C10H10INO. The second kappa shape index (κ2) is 3.29. The zero-order valence-electron chi connectivity index (χ0n) is 7.36. The van der Waals surface area contributed by atoms with Crippen molar-refractivity contribution in [1.82, 2.24) is 5.32 Å². The summed E-state index contributed by atoms with van der Waals surface area (Å²) in [6.45, 7) is 2.85. The van der Waals surface area contributed by atoms with Gasteiger partial charge in [-0.1, -0.05) is 6.07 Å². The number of nitrogens with one attached hydrogen (secondary N) is 1. The first-order chi connectivity index (χ1) is 6.18. The molecule has 1 aliphatic heterocycles. The molecule has 13 heavy (non-hydrogen) atoms. The van der Waals surface area contributed by atoms with Crippen LogP contribution >= 0.6 is 22.6 Å². The third-order valence-electron chi connectivity index (χ3n) is 2.31. The molecule has 1 heterocycles. The number of halogens is 1. The summed E-state index contributed by atoms with van der Waals surface area (Å²) in [7, 11) is 0. The second-order valence-electron chi connectivity index (χ2n) is 3.26. The molecule has 0 unspecified atom stereocenters. The second-order valence-corrected chi connectivity index (χ2v) is 4.43. The maximum absolute atomic E-state index is 11.4. The highest BCUT2D eigenvalue weighted by molar-refractivity contribution is 14.1. The molecule has 1 amide bonds. The molecule has 0 spiro atoms. The molecule has 2 nitrogen and oxygen atoms in total. The number of rotatable bonds is 0. The van der Waals surface area contributed by atoms with E-state index in [1.807, 2.05) is 6.07 Å². The van der Waals surface area contributed by atoms with Gasteiger partial charge in [0.2, 0.25) is 0 Å². The van der Waals surface area contributed by atoms with Gasteiger partial charge in [-0.15, -0.1) is 0 Å². The Morgan fingerprint density at radius 2 is 2.23 bits per heavy atom. The van der Waals surface area contributed by atoms with E-state index in [4.69, 9.17) is 0 Å². The summed E-state index contributed by atoms with van der Waals surface area (Å²) in [6.07, 6.45) is 0.957. The van der Waals surface area contributed by atoms with Crippen LogP contribution in [0.3, 0.4) is 0 Å². The lowest BCUT2D eigenvalue weighted by molar-refractivity contribution is 0.0946. The van der Waals surface area contributed by atoms with E-state index in [0.29, 0.717) is 0 Å². The molecule has 0 radical (unpaired) electrons. The van der Waals surface area contributed by atoms with E-state index in [0.717, 1.165) is 22.1 Å². The Balaban J connectivity index is 2.58. The first kappa shape index (κ1) is 8.99. The molecule has 2 rings (SSSR count). The number of carbonyl (C=O) groups excluding carboxylic acids is 1. The fourth-order valence-electron chi connectivity index (χ4n) is 1.57. The Bertz CT molecular complexity index is 373. The van der Waals surface area contributed by atoms with E-state index in [2.05, 4.69) is 40.9 Å². The molecule has 1 aliphatic rings. The van der Waals surface area contributed by atoms with E-state index in [9.17, 15) is 4.79 Å². The van der Waals surface area contributed by atoms with Crippen LogP contribution in [0.5, 0.6) is 0 Å². The molecule has 0 aliphatic carbocycles. The van der Waals surface area contributed by atoms with Gasteiger partial charge in [0, 0.05) is 15.7 Å². The van der Waals surface area contributed by atoms with Crippen molar-refractivity contribution in [1.29, 1.82) is 0 Å². The van der Waals surface area contributed by atoms with Gasteiger partial charge in [0.1, 0.15) is 0 Å². The van der Waals surface area contributed by atoms with Crippen LogP contribution in [0.4, 0.5) is 0 Å². The predicted octanol–water partition coefficient (Wildman–Crippen LogP) is 1.89.